The Morgan fingerprint density at radius 1 is 1.26 bits per heavy atom. The summed E-state index contributed by atoms with van der Waals surface area (Å²) in [5.41, 5.74) is 3.60. The number of carbonyl (C=O) groups is 1. The van der Waals surface area contributed by atoms with Gasteiger partial charge in [-0.15, -0.1) is 11.3 Å². The van der Waals surface area contributed by atoms with Gasteiger partial charge in [0.2, 0.25) is 0 Å². The first-order valence-corrected chi connectivity index (χ1v) is 10.3. The number of thiophene rings is 1. The van der Waals surface area contributed by atoms with Crippen molar-refractivity contribution in [1.82, 2.24) is 14.9 Å². The molecule has 1 aliphatic heterocycles. The summed E-state index contributed by atoms with van der Waals surface area (Å²) in [6, 6.07) is 9.77. The fraction of sp³-hybridized carbons (Fsp3) is 0.381. The number of carbonyl (C=O) groups excluding carboxylic acids is 1. The fourth-order valence-corrected chi connectivity index (χ4v) is 4.36. The number of aryl methyl sites for hydroxylation is 1. The summed E-state index contributed by atoms with van der Waals surface area (Å²) in [6.07, 6.45) is 2.29. The molecule has 4 rings (SSSR count). The maximum Gasteiger partial charge on any atom is 0.253 e. The van der Waals surface area contributed by atoms with E-state index in [1.165, 1.54) is 0 Å². The van der Waals surface area contributed by atoms with Gasteiger partial charge in [-0.3, -0.25) is 4.79 Å². The second-order valence-electron chi connectivity index (χ2n) is 6.81. The number of benzene rings is 1. The van der Waals surface area contributed by atoms with Crippen LogP contribution in [0.2, 0.25) is 0 Å². The van der Waals surface area contributed by atoms with Crippen LogP contribution >= 0.6 is 11.3 Å². The van der Waals surface area contributed by atoms with Gasteiger partial charge in [0.15, 0.2) is 0 Å². The summed E-state index contributed by atoms with van der Waals surface area (Å²) in [6.45, 7) is 6.07. The van der Waals surface area contributed by atoms with Crippen LogP contribution in [0, 0.1) is 6.92 Å². The second-order valence-corrected chi connectivity index (χ2v) is 7.73. The third kappa shape index (κ3) is 3.73. The molecule has 1 unspecified atom stereocenters. The smallest absolute Gasteiger partial charge is 0.253 e. The number of amides is 1. The maximum atomic E-state index is 12.9. The van der Waals surface area contributed by atoms with Crippen molar-refractivity contribution < 1.29 is 9.53 Å². The van der Waals surface area contributed by atoms with E-state index in [4.69, 9.17) is 4.74 Å². The molecule has 0 saturated carbocycles. The van der Waals surface area contributed by atoms with E-state index in [9.17, 15) is 4.79 Å². The standard InChI is InChI=1S/C21H23N3O2S/c1-3-24(13-17-5-4-11-26-17)21(25)16-8-6-15(7-9-16)19-20-18(10-12-27-20)22-14(2)23-19/h6-10,12,17H,3-5,11,13H2,1-2H3. The highest BCUT2D eigenvalue weighted by Crippen LogP contribution is 2.30. The number of aromatic nitrogens is 2. The summed E-state index contributed by atoms with van der Waals surface area (Å²) >= 11 is 1.64. The Hall–Kier alpha value is -2.31. The lowest BCUT2D eigenvalue weighted by atomic mass is 10.1. The Labute approximate surface area is 163 Å². The van der Waals surface area contributed by atoms with Crippen molar-refractivity contribution in [3.05, 3.63) is 47.1 Å². The summed E-state index contributed by atoms with van der Waals surface area (Å²) < 4.78 is 6.76. The van der Waals surface area contributed by atoms with E-state index in [0.717, 1.165) is 46.7 Å². The zero-order valence-corrected chi connectivity index (χ0v) is 16.5. The lowest BCUT2D eigenvalue weighted by Gasteiger charge is -2.24. The van der Waals surface area contributed by atoms with Crippen molar-refractivity contribution in [2.75, 3.05) is 19.7 Å². The minimum Gasteiger partial charge on any atom is -0.376 e. The van der Waals surface area contributed by atoms with Crippen LogP contribution in [0.4, 0.5) is 0 Å². The minimum absolute atomic E-state index is 0.0553. The molecule has 5 nitrogen and oxygen atoms in total. The molecule has 0 spiro atoms. The molecule has 1 aromatic carbocycles. The third-order valence-electron chi connectivity index (χ3n) is 4.94. The van der Waals surface area contributed by atoms with Crippen molar-refractivity contribution in [3.8, 4) is 11.3 Å². The summed E-state index contributed by atoms with van der Waals surface area (Å²) in [4.78, 5) is 23.9. The molecule has 1 aliphatic rings. The molecule has 0 bridgehead atoms. The van der Waals surface area contributed by atoms with Gasteiger partial charge in [0, 0.05) is 30.8 Å². The van der Waals surface area contributed by atoms with Crippen molar-refractivity contribution >= 4 is 27.5 Å². The van der Waals surface area contributed by atoms with Crippen molar-refractivity contribution in [2.45, 2.75) is 32.8 Å². The first-order valence-electron chi connectivity index (χ1n) is 9.39. The van der Waals surface area contributed by atoms with Crippen LogP contribution in [0.15, 0.2) is 35.7 Å². The van der Waals surface area contributed by atoms with E-state index >= 15 is 0 Å². The molecule has 0 aliphatic carbocycles. The molecule has 140 valence electrons. The largest absolute Gasteiger partial charge is 0.376 e. The second kappa shape index (κ2) is 7.74. The van der Waals surface area contributed by atoms with Crippen molar-refractivity contribution in [1.29, 1.82) is 0 Å². The zero-order chi connectivity index (χ0) is 18.8. The lowest BCUT2D eigenvalue weighted by molar-refractivity contribution is 0.0539. The number of hydrogen-bond acceptors (Lipinski definition) is 5. The van der Waals surface area contributed by atoms with Crippen molar-refractivity contribution in [3.63, 3.8) is 0 Å². The van der Waals surface area contributed by atoms with Crippen LogP contribution in [0.25, 0.3) is 21.5 Å². The van der Waals surface area contributed by atoms with E-state index in [1.807, 2.05) is 54.5 Å². The predicted octanol–water partition coefficient (Wildman–Crippen LogP) is 4.31. The Kier molecular flexibility index (Phi) is 5.18. The van der Waals surface area contributed by atoms with E-state index in [0.29, 0.717) is 18.7 Å². The molecule has 0 N–H and O–H groups in total. The van der Waals surface area contributed by atoms with Gasteiger partial charge in [0.05, 0.1) is 22.0 Å². The van der Waals surface area contributed by atoms with Crippen LogP contribution in [-0.4, -0.2) is 46.6 Å². The molecule has 1 fully saturated rings. The number of ether oxygens (including phenoxy) is 1. The molecule has 3 heterocycles. The Morgan fingerprint density at radius 3 is 2.78 bits per heavy atom. The number of nitrogens with zero attached hydrogens (tertiary/aromatic N) is 3. The highest BCUT2D eigenvalue weighted by Gasteiger charge is 2.22. The van der Waals surface area contributed by atoms with Crippen LogP contribution in [-0.2, 0) is 4.74 Å². The summed E-state index contributed by atoms with van der Waals surface area (Å²) in [5, 5.41) is 2.03. The number of hydrogen-bond donors (Lipinski definition) is 0. The van der Waals surface area contributed by atoms with Gasteiger partial charge < -0.3 is 9.64 Å². The fourth-order valence-electron chi connectivity index (χ4n) is 3.52. The van der Waals surface area contributed by atoms with Crippen LogP contribution in [0.3, 0.4) is 0 Å². The van der Waals surface area contributed by atoms with Gasteiger partial charge in [-0.05, 0) is 50.3 Å². The SMILES string of the molecule is CCN(CC1CCCO1)C(=O)c1ccc(-c2nc(C)nc3ccsc23)cc1. The molecule has 3 aromatic rings. The minimum atomic E-state index is 0.0553. The molecular formula is C21H23N3O2S. The Morgan fingerprint density at radius 2 is 2.07 bits per heavy atom. The van der Waals surface area contributed by atoms with Crippen molar-refractivity contribution in [2.24, 2.45) is 0 Å². The molecule has 0 radical (unpaired) electrons. The van der Waals surface area contributed by atoms with Gasteiger partial charge in [0.1, 0.15) is 5.82 Å². The average Bonchev–Trinajstić information content (AvgIpc) is 3.36. The zero-order valence-electron chi connectivity index (χ0n) is 15.6. The van der Waals surface area contributed by atoms with Gasteiger partial charge >= 0.3 is 0 Å². The topological polar surface area (TPSA) is 55.3 Å². The van der Waals surface area contributed by atoms with Gasteiger partial charge in [-0.2, -0.15) is 0 Å². The molecule has 1 saturated heterocycles. The molecule has 27 heavy (non-hydrogen) atoms. The first-order chi connectivity index (χ1) is 13.2. The first kappa shape index (κ1) is 18.1. The van der Waals surface area contributed by atoms with E-state index in [2.05, 4.69) is 9.97 Å². The van der Waals surface area contributed by atoms with Crippen LogP contribution < -0.4 is 0 Å². The highest BCUT2D eigenvalue weighted by molar-refractivity contribution is 7.17. The predicted molar refractivity (Wildman–Crippen MR) is 108 cm³/mol. The Bertz CT molecular complexity index is 946. The van der Waals surface area contributed by atoms with Gasteiger partial charge in [0.25, 0.3) is 5.91 Å². The molecule has 6 heteroatoms. The molecule has 2 aromatic heterocycles. The average molecular weight is 382 g/mol. The van der Waals surface area contributed by atoms with Gasteiger partial charge in [-0.1, -0.05) is 12.1 Å². The molecular weight excluding hydrogens is 358 g/mol. The molecule has 1 atom stereocenters. The van der Waals surface area contributed by atoms with E-state index < -0.39 is 0 Å². The number of fused-ring (bicyclic) bond motifs is 1. The monoisotopic (exact) mass is 381 g/mol. The van der Waals surface area contributed by atoms with E-state index in [-0.39, 0.29) is 12.0 Å². The van der Waals surface area contributed by atoms with Crippen LogP contribution in [0.1, 0.15) is 35.9 Å². The van der Waals surface area contributed by atoms with Gasteiger partial charge in [-0.25, -0.2) is 9.97 Å². The van der Waals surface area contributed by atoms with E-state index in [1.54, 1.807) is 11.3 Å². The Balaban J connectivity index is 1.57. The quantitative estimate of drug-likeness (QED) is 0.661. The lowest BCUT2D eigenvalue weighted by Crippen LogP contribution is -2.37. The number of likely N-dealkylation sites (N-methyl/N-ethyl adjacent to an activating group) is 1. The third-order valence-corrected chi connectivity index (χ3v) is 5.85. The maximum absolute atomic E-state index is 12.9. The highest BCUT2D eigenvalue weighted by atomic mass is 32.1. The normalized spacial score (nSPS) is 16.7. The number of rotatable bonds is 5. The summed E-state index contributed by atoms with van der Waals surface area (Å²) in [7, 11) is 0. The van der Waals surface area contributed by atoms with Crippen LogP contribution in [0.5, 0.6) is 0 Å². The summed E-state index contributed by atoms with van der Waals surface area (Å²) in [5.74, 6) is 0.810. The molecule has 1 amide bonds.